The smallest absolute Gasteiger partial charge is 0.0714 e. The number of hydrogen-bond acceptors (Lipinski definition) is 1. The molecule has 1 aliphatic rings. The maximum atomic E-state index is 2.48. The van der Waals surface area contributed by atoms with Crippen LogP contribution in [0.5, 0.6) is 0 Å². The first-order valence-electron chi connectivity index (χ1n) is 16.8. The van der Waals surface area contributed by atoms with Gasteiger partial charge in [-0.3, -0.25) is 0 Å². The largest absolute Gasteiger partial charge is 0.311 e. The minimum atomic E-state index is -0.502. The highest BCUT2D eigenvalue weighted by atomic mass is 15.1. The van der Waals surface area contributed by atoms with Crippen molar-refractivity contribution in [2.75, 3.05) is 4.90 Å². The zero-order chi connectivity index (χ0) is 32.2. The summed E-state index contributed by atoms with van der Waals surface area (Å²) in [5.41, 5.74) is 13.5. The number of anilines is 3. The van der Waals surface area contributed by atoms with Crippen LogP contribution in [0.2, 0.25) is 0 Å². The summed E-state index contributed by atoms with van der Waals surface area (Å²) >= 11 is 0. The summed E-state index contributed by atoms with van der Waals surface area (Å²) in [6.45, 7) is 4.54. The van der Waals surface area contributed by atoms with Gasteiger partial charge in [0.1, 0.15) is 0 Å². The molecule has 0 radical (unpaired) electrons. The van der Waals surface area contributed by atoms with Crippen LogP contribution in [0.3, 0.4) is 0 Å². The highest BCUT2D eigenvalue weighted by molar-refractivity contribution is 6.13. The number of fused-ring (bicyclic) bond motifs is 7. The van der Waals surface area contributed by atoms with Crippen LogP contribution in [-0.2, 0) is 5.41 Å². The summed E-state index contributed by atoms with van der Waals surface area (Å²) < 4.78 is 0. The Morgan fingerprint density at radius 3 is 1.17 bits per heavy atom. The minimum absolute atomic E-state index is 0.502. The Hall–Kier alpha value is -5.92. The van der Waals surface area contributed by atoms with Gasteiger partial charge in [-0.2, -0.15) is 0 Å². The molecule has 0 aliphatic heterocycles. The number of hydrogen-bond donors (Lipinski definition) is 0. The third-order valence-electron chi connectivity index (χ3n) is 10.4. The molecular formula is C47H35N. The van der Waals surface area contributed by atoms with E-state index in [0.717, 1.165) is 17.1 Å². The molecule has 0 aromatic heterocycles. The maximum absolute atomic E-state index is 2.48. The molecule has 0 atom stereocenters. The van der Waals surface area contributed by atoms with E-state index in [-0.39, 0.29) is 0 Å². The van der Waals surface area contributed by atoms with Crippen LogP contribution in [0.25, 0.3) is 32.7 Å². The fourth-order valence-electron chi connectivity index (χ4n) is 8.33. The average Bonchev–Trinajstić information content (AvgIpc) is 3.44. The van der Waals surface area contributed by atoms with E-state index in [1.165, 1.54) is 66.1 Å². The molecule has 1 aliphatic carbocycles. The van der Waals surface area contributed by atoms with E-state index in [9.17, 15) is 0 Å². The molecule has 0 saturated heterocycles. The van der Waals surface area contributed by atoms with E-state index < -0.39 is 5.41 Å². The first-order chi connectivity index (χ1) is 23.7. The van der Waals surface area contributed by atoms with E-state index in [4.69, 9.17) is 0 Å². The molecule has 8 aromatic rings. The van der Waals surface area contributed by atoms with Crippen LogP contribution in [0.1, 0.15) is 33.4 Å². The summed E-state index contributed by atoms with van der Waals surface area (Å²) in [6, 6.07) is 64.7. The molecule has 0 heterocycles. The molecule has 228 valence electrons. The molecule has 48 heavy (non-hydrogen) atoms. The van der Waals surface area contributed by atoms with Gasteiger partial charge in [0, 0.05) is 17.1 Å². The number of aryl methyl sites for hydroxylation is 2. The summed E-state index contributed by atoms with van der Waals surface area (Å²) in [5, 5.41) is 5.26. The molecule has 0 fully saturated rings. The van der Waals surface area contributed by atoms with Gasteiger partial charge in [-0.1, -0.05) is 140 Å². The van der Waals surface area contributed by atoms with Crippen molar-refractivity contribution in [3.8, 4) is 11.1 Å². The van der Waals surface area contributed by atoms with Crippen molar-refractivity contribution in [1.82, 2.24) is 0 Å². The van der Waals surface area contributed by atoms with Crippen LogP contribution >= 0.6 is 0 Å². The van der Waals surface area contributed by atoms with E-state index in [0.29, 0.717) is 0 Å². The zero-order valence-corrected chi connectivity index (χ0v) is 27.2. The number of rotatable bonds is 5. The van der Waals surface area contributed by atoms with Gasteiger partial charge < -0.3 is 4.90 Å². The molecule has 0 amide bonds. The van der Waals surface area contributed by atoms with Crippen LogP contribution in [0, 0.1) is 13.8 Å². The third-order valence-corrected chi connectivity index (χ3v) is 10.4. The van der Waals surface area contributed by atoms with E-state index >= 15 is 0 Å². The maximum Gasteiger partial charge on any atom is 0.0714 e. The molecule has 9 rings (SSSR count). The number of para-hydroxylation sites is 2. The van der Waals surface area contributed by atoms with Crippen molar-refractivity contribution < 1.29 is 0 Å². The summed E-state index contributed by atoms with van der Waals surface area (Å²) in [5.74, 6) is 0. The van der Waals surface area contributed by atoms with Crippen molar-refractivity contribution in [3.05, 3.63) is 209 Å². The summed E-state index contributed by atoms with van der Waals surface area (Å²) in [7, 11) is 0. The Labute approximate surface area is 282 Å². The molecule has 0 spiro atoms. The van der Waals surface area contributed by atoms with Gasteiger partial charge in [0.05, 0.1) is 5.41 Å². The van der Waals surface area contributed by atoms with Gasteiger partial charge in [0.15, 0.2) is 0 Å². The topological polar surface area (TPSA) is 3.24 Å². The molecule has 8 aromatic carbocycles. The van der Waals surface area contributed by atoms with Gasteiger partial charge in [0.25, 0.3) is 0 Å². The minimum Gasteiger partial charge on any atom is -0.311 e. The third kappa shape index (κ3) is 4.11. The van der Waals surface area contributed by atoms with Gasteiger partial charge >= 0.3 is 0 Å². The summed E-state index contributed by atoms with van der Waals surface area (Å²) in [4.78, 5) is 2.34. The van der Waals surface area contributed by atoms with Crippen molar-refractivity contribution in [3.63, 3.8) is 0 Å². The van der Waals surface area contributed by atoms with Crippen LogP contribution in [0.4, 0.5) is 17.1 Å². The monoisotopic (exact) mass is 613 g/mol. The highest BCUT2D eigenvalue weighted by Crippen LogP contribution is 2.60. The van der Waals surface area contributed by atoms with Gasteiger partial charge in [0.2, 0.25) is 0 Å². The highest BCUT2D eigenvalue weighted by Gasteiger charge is 2.47. The van der Waals surface area contributed by atoms with Crippen LogP contribution in [-0.4, -0.2) is 0 Å². The molecule has 0 unspecified atom stereocenters. The Morgan fingerprint density at radius 2 is 0.708 bits per heavy atom. The Morgan fingerprint density at radius 1 is 0.354 bits per heavy atom. The molecule has 0 N–H and O–H groups in total. The molecule has 1 heteroatoms. The van der Waals surface area contributed by atoms with Crippen molar-refractivity contribution in [1.29, 1.82) is 0 Å². The first-order valence-corrected chi connectivity index (χ1v) is 16.8. The van der Waals surface area contributed by atoms with Crippen LogP contribution in [0.15, 0.2) is 176 Å². The fraction of sp³-hybridized carbons (Fsp3) is 0.0638. The lowest BCUT2D eigenvalue weighted by atomic mass is 9.67. The van der Waals surface area contributed by atoms with Gasteiger partial charge in [-0.05, 0) is 116 Å². The van der Waals surface area contributed by atoms with Crippen molar-refractivity contribution in [2.45, 2.75) is 19.3 Å². The molecule has 0 saturated carbocycles. The second kappa shape index (κ2) is 11.1. The summed E-state index contributed by atoms with van der Waals surface area (Å²) in [6.07, 6.45) is 0. The second-order valence-electron chi connectivity index (χ2n) is 13.0. The number of nitrogens with zero attached hydrogens (tertiary/aromatic N) is 1. The first kappa shape index (κ1) is 28.3. The predicted octanol–water partition coefficient (Wildman–Crippen LogP) is 12.4. The lowest BCUT2D eigenvalue weighted by Gasteiger charge is -2.35. The Kier molecular flexibility index (Phi) is 6.55. The van der Waals surface area contributed by atoms with Gasteiger partial charge in [-0.25, -0.2) is 0 Å². The molecule has 0 bridgehead atoms. The van der Waals surface area contributed by atoms with Gasteiger partial charge in [-0.15, -0.1) is 0 Å². The van der Waals surface area contributed by atoms with E-state index in [2.05, 4.69) is 195 Å². The Bertz CT molecular complexity index is 2310. The van der Waals surface area contributed by atoms with E-state index in [1.54, 1.807) is 0 Å². The Balaban J connectivity index is 1.38. The van der Waals surface area contributed by atoms with Crippen LogP contribution < -0.4 is 4.90 Å². The second-order valence-corrected chi connectivity index (χ2v) is 13.0. The molecule has 1 nitrogen and oxygen atoms in total. The quantitative estimate of drug-likeness (QED) is 0.187. The van der Waals surface area contributed by atoms with E-state index in [1.807, 2.05) is 0 Å². The van der Waals surface area contributed by atoms with Crippen molar-refractivity contribution >= 4 is 38.6 Å². The molecular weight excluding hydrogens is 579 g/mol. The SMILES string of the molecule is Cc1cc2c(c3ccccc13)-c1c(cc(C)c3ccccc13)C2(c1ccccc1)c1ccc(N(c2ccccc2)c2ccccc2)cc1. The average molecular weight is 614 g/mol. The lowest BCUT2D eigenvalue weighted by molar-refractivity contribution is 0.768. The standard InChI is InChI=1S/C47H35N/c1-32-30-43-45(41-24-14-12-22-39(32)41)46-42-25-15-13-23-40(42)33(2)31-44(46)47(43,34-16-6-3-7-17-34)35-26-28-38(29-27-35)48(36-18-8-4-9-19-36)37-20-10-5-11-21-37/h3-31H,1-2H3. The normalized spacial score (nSPS) is 13.0. The van der Waals surface area contributed by atoms with Crippen molar-refractivity contribution in [2.24, 2.45) is 0 Å². The lowest BCUT2D eigenvalue weighted by Crippen LogP contribution is -2.29. The fourth-order valence-corrected chi connectivity index (χ4v) is 8.33. The number of benzene rings is 8. The predicted molar refractivity (Wildman–Crippen MR) is 203 cm³/mol. The zero-order valence-electron chi connectivity index (χ0n) is 27.2.